The molecule has 9 aromatic carbocycles. The predicted octanol–water partition coefficient (Wildman–Crippen LogP) is 14.7. The summed E-state index contributed by atoms with van der Waals surface area (Å²) in [5.41, 5.74) is 14.3. The molecule has 0 aromatic heterocycles. The second kappa shape index (κ2) is 14.9. The van der Waals surface area contributed by atoms with Crippen molar-refractivity contribution < 1.29 is 0 Å². The fourth-order valence-corrected chi connectivity index (χ4v) is 10.4. The Morgan fingerprint density at radius 2 is 0.625 bits per heavy atom. The lowest BCUT2D eigenvalue weighted by Crippen LogP contribution is -2.40. The van der Waals surface area contributed by atoms with Gasteiger partial charge in [0.25, 0.3) is 0 Å². The number of fused-ring (bicyclic) bond motifs is 2. The third-order valence-corrected chi connectivity index (χ3v) is 12.8. The van der Waals surface area contributed by atoms with E-state index in [1.165, 1.54) is 71.2 Å². The van der Waals surface area contributed by atoms with Crippen molar-refractivity contribution >= 4 is 57.6 Å². The van der Waals surface area contributed by atoms with Gasteiger partial charge in [0.05, 0.1) is 8.07 Å². The van der Waals surface area contributed by atoms with Crippen LogP contribution in [0.15, 0.2) is 200 Å². The molecule has 0 spiro atoms. The van der Waals surface area contributed by atoms with Gasteiger partial charge in [0.2, 0.25) is 0 Å². The molecule has 0 bridgehead atoms. The summed E-state index contributed by atoms with van der Waals surface area (Å²) in [5, 5.41) is 14.1. The lowest BCUT2D eigenvalue weighted by Gasteiger charge is -2.27. The molecule has 0 unspecified atom stereocenters. The van der Waals surface area contributed by atoms with Crippen LogP contribution in [-0.2, 0) is 0 Å². The second-order valence-electron chi connectivity index (χ2n) is 15.5. The summed E-state index contributed by atoms with van der Waals surface area (Å²) in [4.78, 5) is 0. The van der Waals surface area contributed by atoms with Gasteiger partial charge in [0.15, 0.2) is 0 Å². The van der Waals surface area contributed by atoms with Crippen LogP contribution in [0.4, 0.5) is 22.7 Å². The minimum Gasteiger partial charge on any atom is -0.355 e. The Hall–Kier alpha value is -6.68. The number of benzene rings is 9. The third kappa shape index (κ3) is 6.67. The normalized spacial score (nSPS) is 11.5. The van der Waals surface area contributed by atoms with E-state index in [0.29, 0.717) is 0 Å². The van der Waals surface area contributed by atoms with Crippen molar-refractivity contribution in [3.05, 3.63) is 200 Å². The topological polar surface area (TPSA) is 24.1 Å². The van der Waals surface area contributed by atoms with Crippen LogP contribution in [0, 0.1) is 0 Å². The monoisotopic (exact) mass is 736 g/mol. The molecule has 0 heterocycles. The Kier molecular flexibility index (Phi) is 9.30. The quantitative estimate of drug-likeness (QED) is 0.144. The molecule has 2 N–H and O–H groups in total. The Morgan fingerprint density at radius 3 is 1.05 bits per heavy atom. The third-order valence-electron chi connectivity index (χ3n) is 10.8. The van der Waals surface area contributed by atoms with Crippen LogP contribution in [-0.4, -0.2) is 8.07 Å². The molecule has 0 aliphatic rings. The summed E-state index contributed by atoms with van der Waals surface area (Å²) in [6.07, 6.45) is 0. The number of hydrogen-bond donors (Lipinski definition) is 2. The highest BCUT2D eigenvalue weighted by atomic mass is 28.3. The van der Waals surface area contributed by atoms with Gasteiger partial charge in [-0.25, -0.2) is 0 Å². The summed E-state index contributed by atoms with van der Waals surface area (Å²) in [6, 6.07) is 72.2. The van der Waals surface area contributed by atoms with E-state index < -0.39 is 8.07 Å². The van der Waals surface area contributed by atoms with Crippen LogP contribution in [0.1, 0.15) is 0 Å². The highest BCUT2D eigenvalue weighted by Gasteiger charge is 2.27. The highest BCUT2D eigenvalue weighted by molar-refractivity contribution is 6.90. The minimum absolute atomic E-state index is 1.10. The summed E-state index contributed by atoms with van der Waals surface area (Å²) in [6.45, 7) is 7.40. The molecule has 0 aliphatic heterocycles. The largest absolute Gasteiger partial charge is 0.355 e. The lowest BCUT2D eigenvalue weighted by molar-refractivity contribution is 1.53. The SMILES string of the molecule is C[Si](C)(C)c1c(-c2ccccc2Nc2ccc(-c3ccccc3)c3ccccc23)cccc1-c1ccccc1Nc1ccc(-c2ccccc2)c2ccccc12. The van der Waals surface area contributed by atoms with Gasteiger partial charge in [-0.3, -0.25) is 0 Å². The summed E-state index contributed by atoms with van der Waals surface area (Å²) >= 11 is 0. The van der Waals surface area contributed by atoms with E-state index in [-0.39, 0.29) is 0 Å². The molecule has 0 fully saturated rings. The molecule has 56 heavy (non-hydrogen) atoms. The number of hydrogen-bond acceptors (Lipinski definition) is 2. The molecule has 0 saturated carbocycles. The van der Waals surface area contributed by atoms with Crippen LogP contribution >= 0.6 is 0 Å². The predicted molar refractivity (Wildman–Crippen MR) is 246 cm³/mol. The van der Waals surface area contributed by atoms with Crippen LogP contribution in [0.3, 0.4) is 0 Å². The molecule has 9 rings (SSSR count). The van der Waals surface area contributed by atoms with Gasteiger partial charge in [0.1, 0.15) is 0 Å². The first-order valence-electron chi connectivity index (χ1n) is 19.4. The Labute approximate surface area is 331 Å². The smallest absolute Gasteiger partial charge is 0.0792 e. The zero-order chi connectivity index (χ0) is 38.1. The van der Waals surface area contributed by atoms with Gasteiger partial charge in [0, 0.05) is 44.6 Å². The maximum atomic E-state index is 3.91. The number of para-hydroxylation sites is 2. The molecule has 0 atom stereocenters. The molecular formula is C53H44N2Si. The van der Waals surface area contributed by atoms with Crippen LogP contribution in [0.5, 0.6) is 0 Å². The van der Waals surface area contributed by atoms with Gasteiger partial charge in [-0.05, 0) is 73.6 Å². The van der Waals surface area contributed by atoms with E-state index in [4.69, 9.17) is 0 Å². The molecule has 0 aliphatic carbocycles. The Morgan fingerprint density at radius 1 is 0.268 bits per heavy atom. The molecule has 9 aromatic rings. The van der Waals surface area contributed by atoms with Crippen molar-refractivity contribution in [1.82, 2.24) is 0 Å². The van der Waals surface area contributed by atoms with E-state index in [1.807, 2.05) is 0 Å². The average Bonchev–Trinajstić information content (AvgIpc) is 3.24. The Bertz CT molecular complexity index is 2650. The van der Waals surface area contributed by atoms with Gasteiger partial charge in [-0.1, -0.05) is 196 Å². The van der Waals surface area contributed by atoms with Gasteiger partial charge in [-0.15, -0.1) is 0 Å². The number of anilines is 4. The zero-order valence-corrected chi connectivity index (χ0v) is 33.1. The summed E-state index contributed by atoms with van der Waals surface area (Å²) in [7, 11) is -1.95. The van der Waals surface area contributed by atoms with Crippen LogP contribution < -0.4 is 15.8 Å². The van der Waals surface area contributed by atoms with Crippen molar-refractivity contribution in [3.63, 3.8) is 0 Å². The zero-order valence-electron chi connectivity index (χ0n) is 32.1. The number of nitrogens with one attached hydrogen (secondary N) is 2. The fourth-order valence-electron chi connectivity index (χ4n) is 8.31. The van der Waals surface area contributed by atoms with Gasteiger partial charge >= 0.3 is 0 Å². The van der Waals surface area contributed by atoms with Crippen molar-refractivity contribution in [2.45, 2.75) is 19.6 Å². The molecule has 0 radical (unpaired) electrons. The maximum Gasteiger partial charge on any atom is 0.0792 e. The standard InChI is InChI=1S/C53H44N2Si/c1-56(2,3)53-47(45-27-14-16-31-49(45)54-51-35-33-39(37-19-6-4-7-20-37)41-23-10-12-25-43(41)51)29-18-30-48(53)46-28-15-17-32-50(46)55-52-36-34-40(38-21-8-5-9-22-38)42-24-11-13-26-44(42)52/h4-36,54-55H,1-3H3. The minimum atomic E-state index is -1.95. The Balaban J connectivity index is 1.14. The molecule has 270 valence electrons. The van der Waals surface area contributed by atoms with Crippen LogP contribution in [0.25, 0.3) is 66.1 Å². The average molecular weight is 737 g/mol. The molecule has 0 amide bonds. The molecular weight excluding hydrogens is 693 g/mol. The van der Waals surface area contributed by atoms with Crippen molar-refractivity contribution in [2.75, 3.05) is 10.6 Å². The second-order valence-corrected chi connectivity index (χ2v) is 20.5. The van der Waals surface area contributed by atoms with Crippen molar-refractivity contribution in [3.8, 4) is 44.5 Å². The van der Waals surface area contributed by atoms with Crippen molar-refractivity contribution in [1.29, 1.82) is 0 Å². The molecule has 0 saturated heterocycles. The molecule has 3 heteroatoms. The van der Waals surface area contributed by atoms with E-state index in [9.17, 15) is 0 Å². The van der Waals surface area contributed by atoms with E-state index in [1.54, 1.807) is 0 Å². The van der Waals surface area contributed by atoms with E-state index >= 15 is 0 Å². The fraction of sp³-hybridized carbons (Fsp3) is 0.0566. The summed E-state index contributed by atoms with van der Waals surface area (Å²) in [5.74, 6) is 0. The first kappa shape index (κ1) is 35.0. The van der Waals surface area contributed by atoms with Crippen molar-refractivity contribution in [2.24, 2.45) is 0 Å². The van der Waals surface area contributed by atoms with Crippen LogP contribution in [0.2, 0.25) is 19.6 Å². The summed E-state index contributed by atoms with van der Waals surface area (Å²) < 4.78 is 0. The lowest BCUT2D eigenvalue weighted by atomic mass is 9.95. The maximum absolute atomic E-state index is 3.91. The first-order chi connectivity index (χ1) is 27.4. The number of rotatable bonds is 9. The van der Waals surface area contributed by atoms with Gasteiger partial charge in [-0.2, -0.15) is 0 Å². The first-order valence-corrected chi connectivity index (χ1v) is 22.9. The molecule has 2 nitrogen and oxygen atoms in total. The highest BCUT2D eigenvalue weighted by Crippen LogP contribution is 2.41. The van der Waals surface area contributed by atoms with E-state index in [2.05, 4.69) is 230 Å². The van der Waals surface area contributed by atoms with Gasteiger partial charge < -0.3 is 10.6 Å². The van der Waals surface area contributed by atoms with E-state index in [0.717, 1.165) is 22.7 Å².